The summed E-state index contributed by atoms with van der Waals surface area (Å²) in [6.07, 6.45) is -9.53. The van der Waals surface area contributed by atoms with Crippen molar-refractivity contribution in [3.8, 4) is 17.2 Å². The van der Waals surface area contributed by atoms with E-state index in [1.165, 1.54) is 6.92 Å². The van der Waals surface area contributed by atoms with E-state index in [2.05, 4.69) is 0 Å². The molecule has 3 fully saturated rings. The molecule has 13 heteroatoms. The van der Waals surface area contributed by atoms with Gasteiger partial charge >= 0.3 is 5.97 Å². The molecule has 13 nitrogen and oxygen atoms in total. The molecule has 0 unspecified atom stereocenters. The molecule has 11 atom stereocenters. The molecule has 5 aromatic carbocycles. The quantitative estimate of drug-likeness (QED) is 0.0847. The van der Waals surface area contributed by atoms with E-state index in [1.807, 2.05) is 122 Å². The van der Waals surface area contributed by atoms with E-state index in [0.717, 1.165) is 22.3 Å². The molecule has 0 spiro atoms. The molecule has 3 heterocycles. The van der Waals surface area contributed by atoms with E-state index >= 15 is 0 Å². The van der Waals surface area contributed by atoms with Crippen molar-refractivity contribution in [3.05, 3.63) is 162 Å². The molecule has 0 amide bonds. The van der Waals surface area contributed by atoms with E-state index in [1.54, 1.807) is 38.5 Å². The first-order valence-electron chi connectivity index (χ1n) is 21.2. The molecule has 3 saturated heterocycles. The van der Waals surface area contributed by atoms with E-state index in [0.29, 0.717) is 17.2 Å². The van der Waals surface area contributed by atoms with E-state index in [4.69, 9.17) is 56.8 Å². The zero-order valence-electron chi connectivity index (χ0n) is 35.8. The molecule has 0 saturated carbocycles. The van der Waals surface area contributed by atoms with Gasteiger partial charge in [-0.15, -0.1) is 0 Å². The van der Waals surface area contributed by atoms with Crippen molar-refractivity contribution in [2.24, 2.45) is 0 Å². The highest BCUT2D eigenvalue weighted by molar-refractivity contribution is 5.66. The van der Waals surface area contributed by atoms with Crippen molar-refractivity contribution in [1.82, 2.24) is 0 Å². The van der Waals surface area contributed by atoms with Gasteiger partial charge in [0.05, 0.1) is 46.8 Å². The monoisotopic (exact) mass is 862 g/mol. The Morgan fingerprint density at radius 3 is 1.67 bits per heavy atom. The van der Waals surface area contributed by atoms with Crippen LogP contribution in [0.15, 0.2) is 140 Å². The Labute approximate surface area is 367 Å². The van der Waals surface area contributed by atoms with Crippen LogP contribution in [0.2, 0.25) is 0 Å². The molecule has 8 rings (SSSR count). The van der Waals surface area contributed by atoms with Crippen LogP contribution in [0.5, 0.6) is 17.2 Å². The van der Waals surface area contributed by atoms with Gasteiger partial charge in [-0.1, -0.05) is 103 Å². The summed E-state index contributed by atoms with van der Waals surface area (Å²) in [7, 11) is 3.22. The van der Waals surface area contributed by atoms with Crippen molar-refractivity contribution in [3.63, 3.8) is 0 Å². The zero-order valence-corrected chi connectivity index (χ0v) is 35.8. The maximum absolute atomic E-state index is 13.1. The third-order valence-corrected chi connectivity index (χ3v) is 11.2. The number of hydrogen-bond acceptors (Lipinski definition) is 13. The van der Waals surface area contributed by atoms with Crippen LogP contribution in [0.1, 0.15) is 42.4 Å². The minimum absolute atomic E-state index is 0.133. The Kier molecular flexibility index (Phi) is 15.0. The summed E-state index contributed by atoms with van der Waals surface area (Å²) in [6.45, 7) is 3.96. The predicted octanol–water partition coefficient (Wildman–Crippen LogP) is 7.74. The van der Waals surface area contributed by atoms with Gasteiger partial charge in [0.15, 0.2) is 18.7 Å². The molecule has 0 aliphatic carbocycles. The first-order chi connectivity index (χ1) is 30.8. The van der Waals surface area contributed by atoms with Crippen molar-refractivity contribution >= 4 is 5.97 Å². The molecule has 332 valence electrons. The van der Waals surface area contributed by atoms with Crippen LogP contribution in [-0.4, -0.2) is 88.2 Å². The molecule has 3 aliphatic heterocycles. The van der Waals surface area contributed by atoms with Crippen molar-refractivity contribution < 1.29 is 61.6 Å². The predicted molar refractivity (Wildman–Crippen MR) is 229 cm³/mol. The highest BCUT2D eigenvalue weighted by atomic mass is 16.8. The van der Waals surface area contributed by atoms with Crippen LogP contribution in [-0.2, 0) is 67.2 Å². The fraction of sp³-hybridized carbons (Fsp3) is 0.380. The summed E-state index contributed by atoms with van der Waals surface area (Å²) in [4.78, 5) is 13.1. The second-order valence-electron chi connectivity index (χ2n) is 15.5. The Bertz CT molecular complexity index is 2140. The van der Waals surface area contributed by atoms with Crippen LogP contribution in [0.25, 0.3) is 0 Å². The fourth-order valence-electron chi connectivity index (χ4n) is 7.96. The topological polar surface area (TPSA) is 128 Å². The van der Waals surface area contributed by atoms with Crippen molar-refractivity contribution in [1.29, 1.82) is 0 Å². The largest absolute Gasteiger partial charge is 0.497 e. The molecular weight excluding hydrogens is 809 g/mol. The van der Waals surface area contributed by atoms with Gasteiger partial charge in [0, 0.05) is 12.5 Å². The van der Waals surface area contributed by atoms with Gasteiger partial charge in [0.25, 0.3) is 0 Å². The smallest absolute Gasteiger partial charge is 0.303 e. The van der Waals surface area contributed by atoms with Crippen molar-refractivity contribution in [2.75, 3.05) is 20.8 Å². The lowest BCUT2D eigenvalue weighted by molar-refractivity contribution is -0.390. The van der Waals surface area contributed by atoms with Gasteiger partial charge < -0.3 is 56.8 Å². The molecular formula is C50H54O13. The number of carbonyl (C=O) groups excluding carboxylic acids is 1. The van der Waals surface area contributed by atoms with Crippen LogP contribution in [0.3, 0.4) is 0 Å². The Hall–Kier alpha value is -5.35. The number of carbonyl (C=O) groups is 1. The standard InChI is InChI=1S/C50H54O13/c1-32-42(54-28-34-14-8-5-9-15-34)45(46(56-29-35-16-10-6-11-17-35)49(58-32)60-40-26-24-39(53-4)25-27-40)63-50-47(59-33(2)51)44(55-30-36-20-22-38(52-3)23-21-36)43-41(61-50)31-57-48(62-43)37-18-12-7-13-19-37/h5-27,32,41-50H,28-31H2,1-4H3/t32-,41+,42-,43+,44-,45+,46+,47+,48+,49-,50-/m0/s1. The number of fused-ring (bicyclic) bond motifs is 1. The summed E-state index contributed by atoms with van der Waals surface area (Å²) in [5.74, 6) is 1.35. The SMILES string of the molecule is COc1ccc(CO[C@@H]2[C@@H](OC(C)=O)[C@H](O[C@@H]3[C@@H](OCc4ccccc4)[C@H](C)O[C@@H](Oc4ccc(OC)cc4)[C@@H]3OCc3ccccc3)O[C@@H]3CO[C@@H](c4ccccc4)O[C@@H]23)cc1. The van der Waals surface area contributed by atoms with Gasteiger partial charge in [-0.25, -0.2) is 0 Å². The van der Waals surface area contributed by atoms with Gasteiger partial charge in [-0.2, -0.15) is 0 Å². The Morgan fingerprint density at radius 2 is 1.08 bits per heavy atom. The average Bonchev–Trinajstić information content (AvgIpc) is 3.32. The van der Waals surface area contributed by atoms with Crippen LogP contribution in [0, 0.1) is 0 Å². The molecule has 3 aliphatic rings. The Morgan fingerprint density at radius 1 is 0.556 bits per heavy atom. The molecule has 5 aromatic rings. The summed E-state index contributed by atoms with van der Waals surface area (Å²) < 4.78 is 77.3. The minimum atomic E-state index is -1.22. The van der Waals surface area contributed by atoms with Crippen LogP contribution >= 0.6 is 0 Å². The second kappa shape index (κ2) is 21.3. The molecule has 63 heavy (non-hydrogen) atoms. The maximum atomic E-state index is 13.1. The van der Waals surface area contributed by atoms with Crippen LogP contribution in [0.4, 0.5) is 0 Å². The van der Waals surface area contributed by atoms with E-state index < -0.39 is 73.7 Å². The summed E-state index contributed by atoms with van der Waals surface area (Å²) in [5.41, 5.74) is 3.56. The first kappa shape index (κ1) is 44.3. The minimum Gasteiger partial charge on any atom is -0.497 e. The lowest BCUT2D eigenvalue weighted by Crippen LogP contribution is -2.67. The number of hydrogen-bond donors (Lipinski definition) is 0. The van der Waals surface area contributed by atoms with Gasteiger partial charge in [0.1, 0.15) is 53.9 Å². The summed E-state index contributed by atoms with van der Waals surface area (Å²) in [6, 6.07) is 44.0. The number of esters is 1. The number of methoxy groups -OCH3 is 2. The number of benzene rings is 5. The lowest BCUT2D eigenvalue weighted by atomic mass is 9.95. The zero-order chi connectivity index (χ0) is 43.5. The fourth-order valence-corrected chi connectivity index (χ4v) is 7.96. The van der Waals surface area contributed by atoms with Gasteiger partial charge in [-0.05, 0) is 60.0 Å². The normalized spacial score (nSPS) is 28.0. The Balaban J connectivity index is 1.15. The van der Waals surface area contributed by atoms with Crippen LogP contribution < -0.4 is 14.2 Å². The second-order valence-corrected chi connectivity index (χ2v) is 15.5. The highest BCUT2D eigenvalue weighted by Gasteiger charge is 2.56. The third kappa shape index (κ3) is 11.2. The van der Waals surface area contributed by atoms with E-state index in [-0.39, 0.29) is 26.4 Å². The third-order valence-electron chi connectivity index (χ3n) is 11.2. The lowest BCUT2D eigenvalue weighted by Gasteiger charge is -2.51. The molecule has 0 aromatic heterocycles. The average molecular weight is 863 g/mol. The first-order valence-corrected chi connectivity index (χ1v) is 21.2. The molecule has 0 N–H and O–H groups in total. The molecule has 0 bridgehead atoms. The number of ether oxygens (including phenoxy) is 12. The van der Waals surface area contributed by atoms with E-state index in [9.17, 15) is 4.79 Å². The van der Waals surface area contributed by atoms with Crippen molar-refractivity contribution in [2.45, 2.75) is 101 Å². The van der Waals surface area contributed by atoms with Gasteiger partial charge in [0.2, 0.25) is 6.29 Å². The number of rotatable bonds is 17. The van der Waals surface area contributed by atoms with Gasteiger partial charge in [-0.3, -0.25) is 4.79 Å². The molecule has 0 radical (unpaired) electrons. The summed E-state index contributed by atoms with van der Waals surface area (Å²) in [5, 5.41) is 0. The summed E-state index contributed by atoms with van der Waals surface area (Å²) >= 11 is 0. The maximum Gasteiger partial charge on any atom is 0.303 e. The highest BCUT2D eigenvalue weighted by Crippen LogP contribution is 2.40.